The molecule has 0 radical (unpaired) electrons. The quantitative estimate of drug-likeness (QED) is 0.209. The predicted octanol–water partition coefficient (Wildman–Crippen LogP) is 3.82. The van der Waals surface area contributed by atoms with Crippen LogP contribution < -0.4 is 4.74 Å². The zero-order valence-electron chi connectivity index (χ0n) is 14.5. The molecule has 25 heavy (non-hydrogen) atoms. The van der Waals surface area contributed by atoms with Crippen molar-refractivity contribution in [2.75, 3.05) is 6.61 Å². The maximum absolute atomic E-state index is 11.6. The van der Waals surface area contributed by atoms with Gasteiger partial charge in [0.15, 0.2) is 0 Å². The van der Waals surface area contributed by atoms with Crippen molar-refractivity contribution in [3.8, 4) is 5.75 Å². The molecule has 0 aromatic heterocycles. The van der Waals surface area contributed by atoms with Gasteiger partial charge in [-0.3, -0.25) is 10.1 Å². The second kappa shape index (κ2) is 11.0. The summed E-state index contributed by atoms with van der Waals surface area (Å²) in [6.07, 6.45) is 6.11. The fraction of sp³-hybridized carbons (Fsp3) is 0.444. The van der Waals surface area contributed by atoms with Gasteiger partial charge in [-0.25, -0.2) is 9.59 Å². The number of benzene rings is 1. The SMILES string of the molecule is CCCCC(CC)COC(=O)/C=C/C(=O)Oc1ccc([N+](=O)[O-])cc1. The van der Waals surface area contributed by atoms with Crippen molar-refractivity contribution in [2.24, 2.45) is 5.92 Å². The first-order valence-corrected chi connectivity index (χ1v) is 8.27. The summed E-state index contributed by atoms with van der Waals surface area (Å²) >= 11 is 0. The average Bonchev–Trinajstić information content (AvgIpc) is 2.60. The molecule has 1 unspecified atom stereocenters. The Hall–Kier alpha value is -2.70. The summed E-state index contributed by atoms with van der Waals surface area (Å²) in [6, 6.07) is 5.06. The average molecular weight is 349 g/mol. The number of carbonyl (C=O) groups is 2. The minimum Gasteiger partial charge on any atom is -0.462 e. The van der Waals surface area contributed by atoms with E-state index in [4.69, 9.17) is 9.47 Å². The molecule has 0 heterocycles. The van der Waals surface area contributed by atoms with E-state index in [9.17, 15) is 19.7 Å². The van der Waals surface area contributed by atoms with Gasteiger partial charge in [-0.05, 0) is 24.5 Å². The maximum Gasteiger partial charge on any atom is 0.336 e. The number of nitro groups is 1. The van der Waals surface area contributed by atoms with Crippen LogP contribution in [-0.4, -0.2) is 23.5 Å². The van der Waals surface area contributed by atoms with Crippen molar-refractivity contribution >= 4 is 17.6 Å². The van der Waals surface area contributed by atoms with E-state index in [0.29, 0.717) is 12.5 Å². The molecule has 0 saturated heterocycles. The fourth-order valence-electron chi connectivity index (χ4n) is 2.07. The van der Waals surface area contributed by atoms with Crippen molar-refractivity contribution < 1.29 is 24.0 Å². The Labute approximate surface area is 146 Å². The van der Waals surface area contributed by atoms with E-state index in [1.807, 2.05) is 6.92 Å². The van der Waals surface area contributed by atoms with E-state index in [-0.39, 0.29) is 11.4 Å². The van der Waals surface area contributed by atoms with Crippen LogP contribution in [0.15, 0.2) is 36.4 Å². The lowest BCUT2D eigenvalue weighted by molar-refractivity contribution is -0.384. The third-order valence-electron chi connectivity index (χ3n) is 3.63. The van der Waals surface area contributed by atoms with E-state index >= 15 is 0 Å². The number of unbranched alkanes of at least 4 members (excludes halogenated alkanes) is 1. The molecule has 0 saturated carbocycles. The molecule has 0 fully saturated rings. The normalized spacial score (nSPS) is 11.9. The maximum atomic E-state index is 11.6. The Kier molecular flexibility index (Phi) is 8.92. The van der Waals surface area contributed by atoms with Crippen LogP contribution in [0.1, 0.15) is 39.5 Å². The fourth-order valence-corrected chi connectivity index (χ4v) is 2.07. The van der Waals surface area contributed by atoms with Gasteiger partial charge in [-0.15, -0.1) is 0 Å². The molecule has 7 heteroatoms. The van der Waals surface area contributed by atoms with E-state index in [0.717, 1.165) is 37.8 Å². The van der Waals surface area contributed by atoms with Gasteiger partial charge in [0.2, 0.25) is 0 Å². The minimum absolute atomic E-state index is 0.104. The summed E-state index contributed by atoms with van der Waals surface area (Å²) in [5.41, 5.74) is -0.104. The second-order valence-corrected chi connectivity index (χ2v) is 5.55. The number of hydrogen-bond acceptors (Lipinski definition) is 6. The highest BCUT2D eigenvalue weighted by atomic mass is 16.6. The molecule has 1 aromatic carbocycles. The van der Waals surface area contributed by atoms with Crippen LogP contribution in [0.3, 0.4) is 0 Å². The van der Waals surface area contributed by atoms with Gasteiger partial charge >= 0.3 is 11.9 Å². The van der Waals surface area contributed by atoms with Gasteiger partial charge in [0, 0.05) is 24.3 Å². The van der Waals surface area contributed by atoms with Crippen LogP contribution in [0.25, 0.3) is 0 Å². The third-order valence-corrected chi connectivity index (χ3v) is 3.63. The topological polar surface area (TPSA) is 95.7 Å². The standard InChI is InChI=1S/C18H23NO6/c1-3-5-6-14(4-2)13-24-17(20)11-12-18(21)25-16-9-7-15(8-10-16)19(22)23/h7-12,14H,3-6,13H2,1-2H3/b12-11+. The highest BCUT2D eigenvalue weighted by Crippen LogP contribution is 2.17. The smallest absolute Gasteiger partial charge is 0.336 e. The molecule has 1 aromatic rings. The lowest BCUT2D eigenvalue weighted by Gasteiger charge is -2.13. The molecular weight excluding hydrogens is 326 g/mol. The number of rotatable bonds is 10. The van der Waals surface area contributed by atoms with Crippen molar-refractivity contribution in [3.63, 3.8) is 0 Å². The van der Waals surface area contributed by atoms with Crippen LogP contribution >= 0.6 is 0 Å². The first-order valence-electron chi connectivity index (χ1n) is 8.27. The zero-order chi connectivity index (χ0) is 18.7. The van der Waals surface area contributed by atoms with Gasteiger partial charge < -0.3 is 9.47 Å². The Morgan fingerprint density at radius 2 is 1.80 bits per heavy atom. The van der Waals surface area contributed by atoms with E-state index in [1.165, 1.54) is 24.3 Å². The summed E-state index contributed by atoms with van der Waals surface area (Å²) in [7, 11) is 0. The van der Waals surface area contributed by atoms with Crippen LogP contribution in [0.4, 0.5) is 5.69 Å². The number of non-ortho nitro benzene ring substituents is 1. The molecule has 1 rings (SSSR count). The molecule has 0 aliphatic carbocycles. The molecule has 0 bridgehead atoms. The molecule has 136 valence electrons. The molecule has 0 spiro atoms. The summed E-state index contributed by atoms with van der Waals surface area (Å²) in [4.78, 5) is 33.2. The molecule has 0 aliphatic rings. The first-order chi connectivity index (χ1) is 12.0. The van der Waals surface area contributed by atoms with Crippen molar-refractivity contribution in [3.05, 3.63) is 46.5 Å². The number of carbonyl (C=O) groups excluding carboxylic acids is 2. The third kappa shape index (κ3) is 8.10. The minimum atomic E-state index is -0.760. The lowest BCUT2D eigenvalue weighted by atomic mass is 10.0. The Morgan fingerprint density at radius 1 is 1.16 bits per heavy atom. The largest absolute Gasteiger partial charge is 0.462 e. The Balaban J connectivity index is 2.42. The highest BCUT2D eigenvalue weighted by Gasteiger charge is 2.10. The monoisotopic (exact) mass is 349 g/mol. The summed E-state index contributed by atoms with van der Waals surface area (Å²) in [5, 5.41) is 10.5. The van der Waals surface area contributed by atoms with Gasteiger partial charge in [-0.2, -0.15) is 0 Å². The highest BCUT2D eigenvalue weighted by molar-refractivity contribution is 5.92. The Bertz CT molecular complexity index is 608. The predicted molar refractivity (Wildman–Crippen MR) is 92.1 cm³/mol. The number of esters is 2. The molecule has 1 atom stereocenters. The van der Waals surface area contributed by atoms with Crippen molar-refractivity contribution in [2.45, 2.75) is 39.5 Å². The van der Waals surface area contributed by atoms with Gasteiger partial charge in [0.25, 0.3) is 5.69 Å². The van der Waals surface area contributed by atoms with Crippen LogP contribution in [0.5, 0.6) is 5.75 Å². The number of ether oxygens (including phenoxy) is 2. The van der Waals surface area contributed by atoms with E-state index in [2.05, 4.69) is 6.92 Å². The number of nitrogens with zero attached hydrogens (tertiary/aromatic N) is 1. The van der Waals surface area contributed by atoms with Crippen LogP contribution in [0.2, 0.25) is 0 Å². The second-order valence-electron chi connectivity index (χ2n) is 5.55. The first kappa shape index (κ1) is 20.3. The van der Waals surface area contributed by atoms with Gasteiger partial charge in [-0.1, -0.05) is 33.1 Å². The molecule has 7 nitrogen and oxygen atoms in total. The molecule has 0 N–H and O–H groups in total. The molecule has 0 aliphatic heterocycles. The molecule has 0 amide bonds. The van der Waals surface area contributed by atoms with Crippen molar-refractivity contribution in [1.29, 1.82) is 0 Å². The van der Waals surface area contributed by atoms with Gasteiger partial charge in [0.1, 0.15) is 5.75 Å². The van der Waals surface area contributed by atoms with Crippen LogP contribution in [-0.2, 0) is 14.3 Å². The van der Waals surface area contributed by atoms with Crippen LogP contribution in [0, 0.1) is 16.0 Å². The van der Waals surface area contributed by atoms with Crippen molar-refractivity contribution in [1.82, 2.24) is 0 Å². The number of nitro benzene ring substituents is 1. The zero-order valence-corrected chi connectivity index (χ0v) is 14.5. The summed E-state index contributed by atoms with van der Waals surface area (Å²) < 4.78 is 10.1. The van der Waals surface area contributed by atoms with E-state index < -0.39 is 16.9 Å². The summed E-state index contributed by atoms with van der Waals surface area (Å²) in [5.74, 6) is -0.886. The van der Waals surface area contributed by atoms with Gasteiger partial charge in [0.05, 0.1) is 11.5 Å². The van der Waals surface area contributed by atoms with E-state index in [1.54, 1.807) is 0 Å². The number of hydrogen-bond donors (Lipinski definition) is 0. The summed E-state index contributed by atoms with van der Waals surface area (Å²) in [6.45, 7) is 4.49. The Morgan fingerprint density at radius 3 is 2.36 bits per heavy atom. The lowest BCUT2D eigenvalue weighted by Crippen LogP contribution is -2.13. The molecular formula is C18H23NO6.